The Labute approximate surface area is 84.9 Å². The second kappa shape index (κ2) is 3.89. The molecule has 0 aromatic rings. The van der Waals surface area contributed by atoms with Crippen LogP contribution in [0, 0.1) is 11.3 Å². The van der Waals surface area contributed by atoms with E-state index < -0.39 is 5.41 Å². The monoisotopic (exact) mass is 197 g/mol. The number of aliphatic hydroxyl groups excluding tert-OH is 1. The van der Waals surface area contributed by atoms with Gasteiger partial charge >= 0.3 is 0 Å². The smallest absolute Gasteiger partial charge is 0.228 e. The van der Waals surface area contributed by atoms with Crippen LogP contribution in [0.4, 0.5) is 0 Å². The third kappa shape index (κ3) is 1.65. The average molecular weight is 197 g/mol. The van der Waals surface area contributed by atoms with Crippen LogP contribution < -0.4 is 5.32 Å². The molecule has 0 heterocycles. The Balaban J connectivity index is 1.76. The summed E-state index contributed by atoms with van der Waals surface area (Å²) in [6, 6.07) is 0. The van der Waals surface area contributed by atoms with Gasteiger partial charge in [-0.1, -0.05) is 12.8 Å². The summed E-state index contributed by atoms with van der Waals surface area (Å²) in [7, 11) is 0. The molecule has 0 radical (unpaired) electrons. The quantitative estimate of drug-likeness (QED) is 0.708. The molecule has 3 heteroatoms. The van der Waals surface area contributed by atoms with E-state index in [4.69, 9.17) is 0 Å². The third-order valence-electron chi connectivity index (χ3n) is 3.87. The van der Waals surface area contributed by atoms with Crippen molar-refractivity contribution in [3.63, 3.8) is 0 Å². The predicted octanol–water partition coefficient (Wildman–Crippen LogP) is 1.07. The predicted molar refractivity (Wildman–Crippen MR) is 53.7 cm³/mol. The molecule has 0 atom stereocenters. The highest BCUT2D eigenvalue weighted by molar-refractivity contribution is 5.83. The van der Waals surface area contributed by atoms with Gasteiger partial charge in [-0.05, 0) is 31.6 Å². The summed E-state index contributed by atoms with van der Waals surface area (Å²) in [5, 5.41) is 12.2. The van der Waals surface area contributed by atoms with Gasteiger partial charge in [0.25, 0.3) is 0 Å². The van der Waals surface area contributed by atoms with Crippen LogP contribution in [-0.4, -0.2) is 24.2 Å². The van der Waals surface area contributed by atoms with Crippen LogP contribution in [0.1, 0.15) is 38.5 Å². The first-order chi connectivity index (χ1) is 6.77. The van der Waals surface area contributed by atoms with Crippen LogP contribution in [-0.2, 0) is 4.79 Å². The molecule has 2 aliphatic carbocycles. The molecule has 0 spiro atoms. The second-order valence-electron chi connectivity index (χ2n) is 4.80. The van der Waals surface area contributed by atoms with E-state index in [1.165, 1.54) is 19.3 Å². The maximum Gasteiger partial charge on any atom is 0.228 e. The van der Waals surface area contributed by atoms with Gasteiger partial charge in [0.2, 0.25) is 5.91 Å². The highest BCUT2D eigenvalue weighted by atomic mass is 16.3. The number of carbonyl (C=O) groups excluding carboxylic acids is 1. The van der Waals surface area contributed by atoms with Crippen molar-refractivity contribution in [2.75, 3.05) is 13.2 Å². The van der Waals surface area contributed by atoms with Crippen molar-refractivity contribution in [2.24, 2.45) is 11.3 Å². The maximum absolute atomic E-state index is 11.8. The normalized spacial score (nSPS) is 24.9. The number of aliphatic hydroxyl groups is 1. The van der Waals surface area contributed by atoms with Gasteiger partial charge in [0, 0.05) is 6.54 Å². The zero-order chi connectivity index (χ0) is 10.0. The fraction of sp³-hybridized carbons (Fsp3) is 0.909. The number of rotatable bonds is 4. The number of amides is 1. The number of hydrogen-bond donors (Lipinski definition) is 2. The van der Waals surface area contributed by atoms with Crippen molar-refractivity contribution >= 4 is 5.91 Å². The van der Waals surface area contributed by atoms with Crippen LogP contribution in [0.3, 0.4) is 0 Å². The van der Waals surface area contributed by atoms with Gasteiger partial charge in [-0.15, -0.1) is 0 Å². The minimum absolute atomic E-state index is 0.0174. The largest absolute Gasteiger partial charge is 0.395 e. The number of carbonyl (C=O) groups is 1. The van der Waals surface area contributed by atoms with Crippen LogP contribution >= 0.6 is 0 Å². The zero-order valence-corrected chi connectivity index (χ0v) is 8.59. The maximum atomic E-state index is 11.8. The Hall–Kier alpha value is -0.570. The molecular formula is C11H19NO2. The fourth-order valence-electron chi connectivity index (χ4n) is 2.18. The van der Waals surface area contributed by atoms with Crippen molar-refractivity contribution < 1.29 is 9.90 Å². The standard InChI is InChI=1S/C11H19NO2/c13-8-11(5-2-6-11)10(14)12-7-9-3-1-4-9/h9,13H,1-8H2,(H,12,14). The molecule has 14 heavy (non-hydrogen) atoms. The molecule has 2 N–H and O–H groups in total. The summed E-state index contributed by atoms with van der Waals surface area (Å²) in [4.78, 5) is 11.8. The third-order valence-corrected chi connectivity index (χ3v) is 3.87. The van der Waals surface area contributed by atoms with Crippen LogP contribution in [0.15, 0.2) is 0 Å². The average Bonchev–Trinajstić information content (AvgIpc) is 2.00. The highest BCUT2D eigenvalue weighted by Crippen LogP contribution is 2.40. The zero-order valence-electron chi connectivity index (χ0n) is 8.59. The lowest BCUT2D eigenvalue weighted by molar-refractivity contribution is -0.139. The van der Waals surface area contributed by atoms with E-state index in [2.05, 4.69) is 5.32 Å². The van der Waals surface area contributed by atoms with E-state index >= 15 is 0 Å². The van der Waals surface area contributed by atoms with Gasteiger partial charge in [-0.3, -0.25) is 4.79 Å². The van der Waals surface area contributed by atoms with Gasteiger partial charge < -0.3 is 10.4 Å². The van der Waals surface area contributed by atoms with Gasteiger partial charge in [0.05, 0.1) is 12.0 Å². The number of hydrogen-bond acceptors (Lipinski definition) is 2. The summed E-state index contributed by atoms with van der Waals surface area (Å²) < 4.78 is 0. The van der Waals surface area contributed by atoms with E-state index in [0.717, 1.165) is 25.8 Å². The topological polar surface area (TPSA) is 49.3 Å². The molecular weight excluding hydrogens is 178 g/mol. The van der Waals surface area contributed by atoms with Gasteiger partial charge in [0.15, 0.2) is 0 Å². The molecule has 3 nitrogen and oxygen atoms in total. The molecule has 0 aromatic carbocycles. The molecule has 0 aliphatic heterocycles. The molecule has 2 rings (SSSR count). The summed E-state index contributed by atoms with van der Waals surface area (Å²) in [6.07, 6.45) is 6.63. The van der Waals surface area contributed by atoms with Crippen LogP contribution in [0.25, 0.3) is 0 Å². The van der Waals surface area contributed by atoms with E-state index in [1.54, 1.807) is 0 Å². The summed E-state index contributed by atoms with van der Waals surface area (Å²) in [6.45, 7) is 0.837. The van der Waals surface area contributed by atoms with Crippen molar-refractivity contribution in [3.8, 4) is 0 Å². The Morgan fingerprint density at radius 1 is 1.36 bits per heavy atom. The lowest BCUT2D eigenvalue weighted by Gasteiger charge is -2.39. The Kier molecular flexibility index (Phi) is 2.77. The minimum atomic E-state index is -0.413. The van der Waals surface area contributed by atoms with Crippen molar-refractivity contribution in [3.05, 3.63) is 0 Å². The Bertz CT molecular complexity index is 214. The lowest BCUT2D eigenvalue weighted by atomic mass is 9.68. The van der Waals surface area contributed by atoms with Crippen molar-refractivity contribution in [2.45, 2.75) is 38.5 Å². The Morgan fingerprint density at radius 2 is 2.07 bits per heavy atom. The van der Waals surface area contributed by atoms with E-state index in [1.807, 2.05) is 0 Å². The fourth-order valence-corrected chi connectivity index (χ4v) is 2.18. The molecule has 0 bridgehead atoms. The van der Waals surface area contributed by atoms with Gasteiger partial charge in [-0.2, -0.15) is 0 Å². The molecule has 2 saturated carbocycles. The Morgan fingerprint density at radius 3 is 2.43 bits per heavy atom. The first-order valence-corrected chi connectivity index (χ1v) is 5.66. The molecule has 0 aromatic heterocycles. The summed E-state index contributed by atoms with van der Waals surface area (Å²) >= 11 is 0. The lowest BCUT2D eigenvalue weighted by Crippen LogP contribution is -2.49. The molecule has 0 unspecified atom stereocenters. The van der Waals surface area contributed by atoms with E-state index in [-0.39, 0.29) is 12.5 Å². The molecule has 80 valence electrons. The first kappa shape index (κ1) is 9.97. The highest BCUT2D eigenvalue weighted by Gasteiger charge is 2.43. The second-order valence-corrected chi connectivity index (χ2v) is 4.80. The molecule has 2 aliphatic rings. The molecule has 0 saturated heterocycles. The van der Waals surface area contributed by atoms with Crippen molar-refractivity contribution in [1.82, 2.24) is 5.32 Å². The van der Waals surface area contributed by atoms with E-state index in [0.29, 0.717) is 5.92 Å². The summed E-state index contributed by atoms with van der Waals surface area (Å²) in [5.74, 6) is 0.785. The van der Waals surface area contributed by atoms with Gasteiger partial charge in [-0.25, -0.2) is 0 Å². The van der Waals surface area contributed by atoms with Gasteiger partial charge in [0.1, 0.15) is 0 Å². The SMILES string of the molecule is O=C(NCC1CCC1)C1(CO)CCC1. The summed E-state index contributed by atoms with van der Waals surface area (Å²) in [5.41, 5.74) is -0.413. The first-order valence-electron chi connectivity index (χ1n) is 5.66. The van der Waals surface area contributed by atoms with Crippen LogP contribution in [0.5, 0.6) is 0 Å². The van der Waals surface area contributed by atoms with E-state index in [9.17, 15) is 9.90 Å². The molecule has 2 fully saturated rings. The van der Waals surface area contributed by atoms with Crippen LogP contribution in [0.2, 0.25) is 0 Å². The van der Waals surface area contributed by atoms with Crippen molar-refractivity contribution in [1.29, 1.82) is 0 Å². The number of nitrogens with one attached hydrogen (secondary N) is 1. The molecule has 1 amide bonds. The minimum Gasteiger partial charge on any atom is -0.395 e.